The van der Waals surface area contributed by atoms with Gasteiger partial charge >= 0.3 is 0 Å². The quantitative estimate of drug-likeness (QED) is 0.830. The average molecular weight is 247 g/mol. The predicted molar refractivity (Wildman–Crippen MR) is 78.3 cm³/mol. The first-order chi connectivity index (χ1) is 8.66. The minimum Gasteiger partial charge on any atom is -0.384 e. The number of anilines is 1. The summed E-state index contributed by atoms with van der Waals surface area (Å²) in [5.74, 6) is 0.683. The minimum atomic E-state index is 0.683. The first-order valence-corrected chi connectivity index (χ1v) is 6.83. The van der Waals surface area contributed by atoms with Crippen LogP contribution in [-0.2, 0) is 0 Å². The molecule has 0 saturated heterocycles. The predicted octanol–water partition coefficient (Wildman–Crippen LogP) is 2.08. The summed E-state index contributed by atoms with van der Waals surface area (Å²) in [5.41, 5.74) is 2.83. The minimum absolute atomic E-state index is 0.683. The fraction of sp³-hybridized carbons (Fsp3) is 0.600. The van der Waals surface area contributed by atoms with Crippen molar-refractivity contribution in [2.45, 2.75) is 12.3 Å². The molecule has 0 amide bonds. The third-order valence-corrected chi connectivity index (χ3v) is 3.73. The summed E-state index contributed by atoms with van der Waals surface area (Å²) in [6, 6.07) is 8.71. The van der Waals surface area contributed by atoms with Crippen molar-refractivity contribution in [3.63, 3.8) is 0 Å². The molecule has 1 aliphatic heterocycles. The molecule has 1 atom stereocenters. The summed E-state index contributed by atoms with van der Waals surface area (Å²) in [7, 11) is 6.48. The van der Waals surface area contributed by atoms with Crippen molar-refractivity contribution in [3.8, 4) is 0 Å². The van der Waals surface area contributed by atoms with Crippen LogP contribution >= 0.6 is 0 Å². The van der Waals surface area contributed by atoms with E-state index in [4.69, 9.17) is 0 Å². The molecule has 2 rings (SSSR count). The largest absolute Gasteiger partial charge is 0.384 e. The van der Waals surface area contributed by atoms with E-state index in [9.17, 15) is 0 Å². The molecule has 3 heteroatoms. The van der Waals surface area contributed by atoms with Crippen molar-refractivity contribution < 1.29 is 0 Å². The van der Waals surface area contributed by atoms with Crippen LogP contribution in [0.1, 0.15) is 17.9 Å². The zero-order valence-corrected chi connectivity index (χ0v) is 11.8. The second-order valence-corrected chi connectivity index (χ2v) is 5.56. The number of hydrogen-bond acceptors (Lipinski definition) is 3. The third-order valence-electron chi connectivity index (χ3n) is 3.73. The smallest absolute Gasteiger partial charge is 0.0376 e. The van der Waals surface area contributed by atoms with Gasteiger partial charge in [-0.15, -0.1) is 0 Å². The van der Waals surface area contributed by atoms with Crippen molar-refractivity contribution in [1.29, 1.82) is 0 Å². The van der Waals surface area contributed by atoms with Gasteiger partial charge in [0.2, 0.25) is 0 Å². The van der Waals surface area contributed by atoms with Crippen molar-refractivity contribution in [2.75, 3.05) is 52.6 Å². The summed E-state index contributed by atoms with van der Waals surface area (Å²) in [5, 5.41) is 3.50. The number of hydrogen-bond donors (Lipinski definition) is 1. The highest BCUT2D eigenvalue weighted by atomic mass is 15.1. The normalized spacial score (nSPS) is 18.2. The molecule has 100 valence electrons. The summed E-state index contributed by atoms with van der Waals surface area (Å²) in [4.78, 5) is 4.67. The third kappa shape index (κ3) is 3.47. The Morgan fingerprint density at radius 1 is 1.11 bits per heavy atom. The van der Waals surface area contributed by atoms with Crippen LogP contribution in [0.15, 0.2) is 24.3 Å². The van der Waals surface area contributed by atoms with Crippen LogP contribution in [0.25, 0.3) is 0 Å². The Kier molecular flexibility index (Phi) is 4.61. The number of benzene rings is 1. The Balaban J connectivity index is 1.78. The number of nitrogens with zero attached hydrogens (tertiary/aromatic N) is 2. The van der Waals surface area contributed by atoms with Gasteiger partial charge in [0, 0.05) is 31.2 Å². The van der Waals surface area contributed by atoms with Crippen LogP contribution < -0.4 is 5.32 Å². The molecular weight excluding hydrogens is 222 g/mol. The molecule has 0 aromatic heterocycles. The summed E-state index contributed by atoms with van der Waals surface area (Å²) >= 11 is 0. The van der Waals surface area contributed by atoms with E-state index < -0.39 is 0 Å². The maximum Gasteiger partial charge on any atom is 0.0376 e. The number of para-hydroxylation sites is 1. The van der Waals surface area contributed by atoms with E-state index in [0.29, 0.717) is 5.92 Å². The number of rotatable bonds is 6. The van der Waals surface area contributed by atoms with Crippen LogP contribution in [0.4, 0.5) is 5.69 Å². The molecule has 0 aliphatic carbocycles. The molecule has 1 aromatic carbocycles. The van der Waals surface area contributed by atoms with Gasteiger partial charge in [-0.2, -0.15) is 0 Å². The molecule has 0 bridgehead atoms. The fourth-order valence-corrected chi connectivity index (χ4v) is 2.47. The van der Waals surface area contributed by atoms with Gasteiger partial charge in [0.15, 0.2) is 0 Å². The van der Waals surface area contributed by atoms with Crippen LogP contribution in [0.3, 0.4) is 0 Å². The standard InChI is InChI=1S/C15H25N3/c1-17(2)10-11-18(3)9-8-13-12-16-15-7-5-4-6-14(13)15/h4-7,13,16H,8-12H2,1-3H3. The Labute approximate surface area is 111 Å². The molecule has 1 aromatic rings. The summed E-state index contributed by atoms with van der Waals surface area (Å²) in [6.45, 7) is 4.56. The highest BCUT2D eigenvalue weighted by Crippen LogP contribution is 2.33. The molecular formula is C15H25N3. The molecule has 1 aliphatic rings. The monoisotopic (exact) mass is 247 g/mol. The SMILES string of the molecule is CN(C)CCN(C)CCC1CNc2ccccc21. The molecule has 0 radical (unpaired) electrons. The zero-order valence-electron chi connectivity index (χ0n) is 11.8. The van der Waals surface area contributed by atoms with Crippen molar-refractivity contribution in [1.82, 2.24) is 9.80 Å². The lowest BCUT2D eigenvalue weighted by atomic mass is 9.98. The molecule has 0 spiro atoms. The lowest BCUT2D eigenvalue weighted by Crippen LogP contribution is -2.30. The zero-order chi connectivity index (χ0) is 13.0. The van der Waals surface area contributed by atoms with Gasteiger partial charge in [0.05, 0.1) is 0 Å². The molecule has 0 fully saturated rings. The summed E-state index contributed by atoms with van der Waals surface area (Å²) in [6.07, 6.45) is 1.24. The van der Waals surface area contributed by atoms with E-state index in [1.54, 1.807) is 0 Å². The van der Waals surface area contributed by atoms with Crippen molar-refractivity contribution in [3.05, 3.63) is 29.8 Å². The van der Waals surface area contributed by atoms with Crippen molar-refractivity contribution in [2.24, 2.45) is 0 Å². The Hall–Kier alpha value is -1.06. The van der Waals surface area contributed by atoms with Crippen LogP contribution in [-0.4, -0.2) is 57.1 Å². The van der Waals surface area contributed by atoms with E-state index in [1.165, 1.54) is 24.2 Å². The fourth-order valence-electron chi connectivity index (χ4n) is 2.47. The van der Waals surface area contributed by atoms with Gasteiger partial charge in [-0.3, -0.25) is 0 Å². The molecule has 18 heavy (non-hydrogen) atoms. The van der Waals surface area contributed by atoms with Crippen LogP contribution in [0.5, 0.6) is 0 Å². The second kappa shape index (κ2) is 6.21. The first kappa shape index (κ1) is 13.4. The van der Waals surface area contributed by atoms with E-state index in [0.717, 1.165) is 19.6 Å². The van der Waals surface area contributed by atoms with E-state index >= 15 is 0 Å². The molecule has 1 N–H and O–H groups in total. The van der Waals surface area contributed by atoms with Gasteiger partial charge in [-0.05, 0) is 45.7 Å². The van der Waals surface area contributed by atoms with Crippen LogP contribution in [0.2, 0.25) is 0 Å². The van der Waals surface area contributed by atoms with Crippen molar-refractivity contribution >= 4 is 5.69 Å². The molecule has 1 heterocycles. The maximum absolute atomic E-state index is 3.50. The van der Waals surface area contributed by atoms with Gasteiger partial charge in [-0.1, -0.05) is 18.2 Å². The summed E-state index contributed by atoms with van der Waals surface area (Å²) < 4.78 is 0. The Bertz CT molecular complexity index is 376. The number of likely N-dealkylation sites (N-methyl/N-ethyl adjacent to an activating group) is 2. The maximum atomic E-state index is 3.50. The van der Waals surface area contributed by atoms with Gasteiger partial charge < -0.3 is 15.1 Å². The average Bonchev–Trinajstić information content (AvgIpc) is 2.77. The molecule has 0 saturated carbocycles. The highest BCUT2D eigenvalue weighted by Gasteiger charge is 2.21. The lowest BCUT2D eigenvalue weighted by molar-refractivity contribution is 0.275. The van der Waals surface area contributed by atoms with Gasteiger partial charge in [0.25, 0.3) is 0 Å². The second-order valence-electron chi connectivity index (χ2n) is 5.56. The van der Waals surface area contributed by atoms with Gasteiger partial charge in [-0.25, -0.2) is 0 Å². The first-order valence-electron chi connectivity index (χ1n) is 6.83. The Morgan fingerprint density at radius 2 is 1.89 bits per heavy atom. The Morgan fingerprint density at radius 3 is 2.67 bits per heavy atom. The van der Waals surface area contributed by atoms with Crippen LogP contribution in [0, 0.1) is 0 Å². The van der Waals surface area contributed by atoms with E-state index in [-0.39, 0.29) is 0 Å². The number of fused-ring (bicyclic) bond motifs is 1. The number of nitrogens with one attached hydrogen (secondary N) is 1. The van der Waals surface area contributed by atoms with E-state index in [2.05, 4.69) is 60.5 Å². The highest BCUT2D eigenvalue weighted by molar-refractivity contribution is 5.57. The lowest BCUT2D eigenvalue weighted by Gasteiger charge is -2.21. The van der Waals surface area contributed by atoms with E-state index in [1.807, 2.05) is 0 Å². The topological polar surface area (TPSA) is 18.5 Å². The molecule has 1 unspecified atom stereocenters. The molecule has 3 nitrogen and oxygen atoms in total. The van der Waals surface area contributed by atoms with Gasteiger partial charge in [0.1, 0.15) is 0 Å².